The third-order valence-electron chi connectivity index (χ3n) is 3.29. The van der Waals surface area contributed by atoms with Crippen molar-refractivity contribution in [2.24, 2.45) is 0 Å². The van der Waals surface area contributed by atoms with Crippen LogP contribution in [-0.4, -0.2) is 62.0 Å². The minimum absolute atomic E-state index is 0. The van der Waals surface area contributed by atoms with Crippen molar-refractivity contribution >= 4 is 11.9 Å². The van der Waals surface area contributed by atoms with Crippen LogP contribution in [0.3, 0.4) is 0 Å². The number of rotatable bonds is 14. The fourth-order valence-electron chi connectivity index (χ4n) is 2.17. The van der Waals surface area contributed by atoms with Gasteiger partial charge in [-0.1, -0.05) is 6.42 Å². The molecule has 0 atom stereocenters. The fourth-order valence-corrected chi connectivity index (χ4v) is 2.17. The van der Waals surface area contributed by atoms with Gasteiger partial charge in [0.2, 0.25) is 0 Å². The van der Waals surface area contributed by atoms with Gasteiger partial charge in [-0.2, -0.15) is 0 Å². The maximum atomic E-state index is 10.4. The van der Waals surface area contributed by atoms with Gasteiger partial charge < -0.3 is 29.6 Å². The molecule has 0 aromatic carbocycles. The van der Waals surface area contributed by atoms with E-state index in [-0.39, 0.29) is 72.0 Å². The van der Waals surface area contributed by atoms with Crippen LogP contribution < -0.4 is 69.3 Å². The Morgan fingerprint density at radius 2 is 1.09 bits per heavy atom. The first-order chi connectivity index (χ1) is 9.91. The van der Waals surface area contributed by atoms with Crippen molar-refractivity contribution in [3.05, 3.63) is 0 Å². The molecule has 0 saturated heterocycles. The first kappa shape index (κ1) is 28.7. The molecule has 0 aromatic rings. The SMILES string of the molecule is CN(C)CCCCCN(CCCC(=O)[O-])CCCC(=O)[O-].[Na+].[Na+]. The maximum Gasteiger partial charge on any atom is 1.00 e. The second kappa shape index (κ2) is 19.2. The number of carbonyl (C=O) groups is 2. The average molecular weight is 346 g/mol. The molecular formula is C15H28N2Na2O4. The maximum absolute atomic E-state index is 10.4. The fraction of sp³-hybridized carbons (Fsp3) is 0.867. The van der Waals surface area contributed by atoms with Crippen LogP contribution in [0.1, 0.15) is 44.9 Å². The van der Waals surface area contributed by atoms with Crippen LogP contribution in [0.4, 0.5) is 0 Å². The number of hydrogen-bond donors (Lipinski definition) is 0. The molecule has 0 aliphatic heterocycles. The molecule has 0 unspecified atom stereocenters. The minimum atomic E-state index is -1.03. The summed E-state index contributed by atoms with van der Waals surface area (Å²) in [4.78, 5) is 25.1. The molecule has 6 nitrogen and oxygen atoms in total. The van der Waals surface area contributed by atoms with Crippen LogP contribution in [-0.2, 0) is 9.59 Å². The number of hydrogen-bond acceptors (Lipinski definition) is 6. The molecule has 0 aliphatic rings. The molecule has 0 fully saturated rings. The van der Waals surface area contributed by atoms with Gasteiger partial charge in [-0.05, 0) is 78.8 Å². The zero-order chi connectivity index (χ0) is 16.1. The minimum Gasteiger partial charge on any atom is -0.550 e. The van der Waals surface area contributed by atoms with Crippen LogP contribution in [0.15, 0.2) is 0 Å². The van der Waals surface area contributed by atoms with Gasteiger partial charge in [0.1, 0.15) is 0 Å². The molecular weight excluding hydrogens is 318 g/mol. The largest absolute Gasteiger partial charge is 1.00 e. The van der Waals surface area contributed by atoms with Gasteiger partial charge in [-0.3, -0.25) is 0 Å². The average Bonchev–Trinajstić information content (AvgIpc) is 2.36. The van der Waals surface area contributed by atoms with Gasteiger partial charge in [-0.25, -0.2) is 0 Å². The predicted octanol–water partition coefficient (Wildman–Crippen LogP) is -6.91. The number of carboxylic acids is 2. The number of nitrogens with zero attached hydrogens (tertiary/aromatic N) is 2. The van der Waals surface area contributed by atoms with Gasteiger partial charge in [0.15, 0.2) is 0 Å². The van der Waals surface area contributed by atoms with E-state index in [2.05, 4.69) is 9.80 Å². The summed E-state index contributed by atoms with van der Waals surface area (Å²) < 4.78 is 0. The van der Waals surface area contributed by atoms with Crippen molar-refractivity contribution < 1.29 is 78.9 Å². The molecule has 0 N–H and O–H groups in total. The zero-order valence-corrected chi connectivity index (χ0v) is 19.3. The summed E-state index contributed by atoms with van der Waals surface area (Å²) in [6.45, 7) is 3.30. The molecule has 0 bridgehead atoms. The molecule has 23 heavy (non-hydrogen) atoms. The molecule has 8 heteroatoms. The van der Waals surface area contributed by atoms with E-state index in [1.165, 1.54) is 0 Å². The molecule has 0 heterocycles. The Labute approximate surface area is 184 Å². The first-order valence-corrected chi connectivity index (χ1v) is 7.68. The number of carbonyl (C=O) groups excluding carboxylic acids is 2. The predicted molar refractivity (Wildman–Crippen MR) is 77.3 cm³/mol. The first-order valence-electron chi connectivity index (χ1n) is 7.68. The molecule has 0 amide bonds. The second-order valence-electron chi connectivity index (χ2n) is 5.66. The van der Waals surface area contributed by atoms with Crippen molar-refractivity contribution in [2.75, 3.05) is 40.3 Å². The smallest absolute Gasteiger partial charge is 0.550 e. The Bertz CT molecular complexity index is 285. The summed E-state index contributed by atoms with van der Waals surface area (Å²) in [7, 11) is 4.10. The van der Waals surface area contributed by atoms with Crippen molar-refractivity contribution in [1.29, 1.82) is 0 Å². The molecule has 0 radical (unpaired) electrons. The Morgan fingerprint density at radius 3 is 1.48 bits per heavy atom. The van der Waals surface area contributed by atoms with Gasteiger partial charge in [-0.15, -0.1) is 0 Å². The Morgan fingerprint density at radius 1 is 0.696 bits per heavy atom. The van der Waals surface area contributed by atoms with Crippen molar-refractivity contribution in [3.8, 4) is 0 Å². The topological polar surface area (TPSA) is 86.7 Å². The normalized spacial score (nSPS) is 10.3. The molecule has 0 spiro atoms. The molecule has 0 saturated carbocycles. The van der Waals surface area contributed by atoms with Crippen LogP contribution in [0.2, 0.25) is 0 Å². The van der Waals surface area contributed by atoms with Gasteiger partial charge in [0.25, 0.3) is 0 Å². The van der Waals surface area contributed by atoms with Crippen molar-refractivity contribution in [3.63, 3.8) is 0 Å². The van der Waals surface area contributed by atoms with Crippen LogP contribution in [0.25, 0.3) is 0 Å². The molecule has 0 rings (SSSR count). The zero-order valence-electron chi connectivity index (χ0n) is 15.3. The van der Waals surface area contributed by atoms with Crippen LogP contribution >= 0.6 is 0 Å². The second-order valence-corrected chi connectivity index (χ2v) is 5.66. The van der Waals surface area contributed by atoms with Crippen molar-refractivity contribution in [2.45, 2.75) is 44.9 Å². The summed E-state index contributed by atoms with van der Waals surface area (Å²) in [6, 6.07) is 0. The van der Waals surface area contributed by atoms with Gasteiger partial charge in [0, 0.05) is 11.9 Å². The van der Waals surface area contributed by atoms with Gasteiger partial charge in [0.05, 0.1) is 0 Å². The third-order valence-corrected chi connectivity index (χ3v) is 3.29. The quantitative estimate of drug-likeness (QED) is 0.230. The van der Waals surface area contributed by atoms with E-state index in [0.29, 0.717) is 25.9 Å². The third kappa shape index (κ3) is 22.9. The van der Waals surface area contributed by atoms with Crippen LogP contribution in [0.5, 0.6) is 0 Å². The Balaban J connectivity index is -0.00000200. The standard InChI is InChI=1S/C15H30N2O4.2Na/c1-16(2)10-4-3-5-11-17(12-6-8-14(18)19)13-7-9-15(20)21;;/h3-13H2,1-2H3,(H,18,19)(H,20,21);;/q;2*+1/p-2. The van der Waals surface area contributed by atoms with Gasteiger partial charge >= 0.3 is 59.1 Å². The van der Waals surface area contributed by atoms with E-state index in [1.807, 2.05) is 14.1 Å². The molecule has 0 aliphatic carbocycles. The molecule has 0 aromatic heterocycles. The summed E-state index contributed by atoms with van der Waals surface area (Å²) in [5, 5.41) is 20.9. The van der Waals surface area contributed by atoms with E-state index < -0.39 is 11.9 Å². The molecule has 124 valence electrons. The summed E-state index contributed by atoms with van der Waals surface area (Å²) in [5.41, 5.74) is 0. The summed E-state index contributed by atoms with van der Waals surface area (Å²) >= 11 is 0. The van der Waals surface area contributed by atoms with E-state index in [9.17, 15) is 19.8 Å². The number of carboxylic acid groups (broad SMARTS) is 2. The number of unbranched alkanes of at least 4 members (excludes halogenated alkanes) is 2. The van der Waals surface area contributed by atoms with Crippen molar-refractivity contribution in [1.82, 2.24) is 9.80 Å². The Kier molecular flexibility index (Phi) is 23.9. The number of aliphatic carboxylic acids is 2. The van der Waals surface area contributed by atoms with E-state index >= 15 is 0 Å². The van der Waals surface area contributed by atoms with E-state index in [1.54, 1.807) is 0 Å². The summed E-state index contributed by atoms with van der Waals surface area (Å²) in [5.74, 6) is -2.06. The Hall–Kier alpha value is 0.860. The van der Waals surface area contributed by atoms with Crippen LogP contribution in [0, 0.1) is 0 Å². The monoisotopic (exact) mass is 346 g/mol. The summed E-state index contributed by atoms with van der Waals surface area (Å²) in [6.07, 6.45) is 4.50. The van der Waals surface area contributed by atoms with E-state index in [0.717, 1.165) is 32.4 Å². The van der Waals surface area contributed by atoms with E-state index in [4.69, 9.17) is 0 Å².